The molecule has 1 aliphatic carbocycles. The number of phosphoric acid groups is 2. The molecule has 1 fully saturated rings. The predicted octanol–water partition coefficient (Wildman–Crippen LogP) is 8.81. The number of carbonyl (C=O) groups is 2. The van der Waals surface area contributed by atoms with E-state index in [2.05, 4.69) is 54.8 Å². The third-order valence-electron chi connectivity index (χ3n) is 11.2. The van der Waals surface area contributed by atoms with Crippen LogP contribution in [0.2, 0.25) is 0 Å². The Kier molecular flexibility index (Phi) is 36.8. The summed E-state index contributed by atoms with van der Waals surface area (Å²) in [4.78, 5) is 54.4. The van der Waals surface area contributed by atoms with Crippen molar-refractivity contribution in [1.82, 2.24) is 0 Å². The fraction of sp³-hybridized carbons (Fsp3) is 0.755. The summed E-state index contributed by atoms with van der Waals surface area (Å²) in [6.07, 6.45) is 27.6. The fourth-order valence-corrected chi connectivity index (χ4v) is 8.78. The minimum atomic E-state index is -5.39. The van der Waals surface area contributed by atoms with Gasteiger partial charge in [-0.15, -0.1) is 0 Å². The van der Waals surface area contributed by atoms with Crippen molar-refractivity contribution in [2.75, 3.05) is 13.2 Å². The predicted molar refractivity (Wildman–Crippen MR) is 261 cm³/mol. The van der Waals surface area contributed by atoms with Crippen LogP contribution in [0.1, 0.15) is 174 Å². The van der Waals surface area contributed by atoms with E-state index in [-0.39, 0.29) is 25.7 Å². The van der Waals surface area contributed by atoms with E-state index in [1.807, 2.05) is 12.2 Å². The first-order chi connectivity index (χ1) is 32.5. The number of hydrogen-bond acceptors (Lipinski definition) is 14. The lowest BCUT2D eigenvalue weighted by atomic mass is 9.85. The lowest BCUT2D eigenvalue weighted by molar-refractivity contribution is -0.216. The molecule has 394 valence electrons. The first-order valence-corrected chi connectivity index (χ1v) is 28.0. The molecular formula is C49H86O17P2. The summed E-state index contributed by atoms with van der Waals surface area (Å²) in [5.41, 5.74) is 0. The maximum Gasteiger partial charge on any atom is 0.472 e. The van der Waals surface area contributed by atoms with E-state index in [9.17, 15) is 58.9 Å². The summed E-state index contributed by atoms with van der Waals surface area (Å²) in [5, 5.41) is 51.6. The van der Waals surface area contributed by atoms with Crippen molar-refractivity contribution in [3.05, 3.63) is 60.8 Å². The van der Waals surface area contributed by atoms with Gasteiger partial charge in [-0.1, -0.05) is 152 Å². The van der Waals surface area contributed by atoms with Crippen molar-refractivity contribution in [2.24, 2.45) is 0 Å². The number of allylic oxidation sites excluding steroid dienone is 9. The van der Waals surface area contributed by atoms with Crippen molar-refractivity contribution < 1.29 is 82.0 Å². The van der Waals surface area contributed by atoms with Crippen LogP contribution in [-0.4, -0.2) is 114 Å². The van der Waals surface area contributed by atoms with Crippen LogP contribution < -0.4 is 0 Å². The van der Waals surface area contributed by atoms with Gasteiger partial charge in [0.25, 0.3) is 0 Å². The summed E-state index contributed by atoms with van der Waals surface area (Å²) < 4.78 is 49.3. The summed E-state index contributed by atoms with van der Waals surface area (Å²) >= 11 is 0. The molecule has 68 heavy (non-hydrogen) atoms. The van der Waals surface area contributed by atoms with Crippen LogP contribution in [-0.2, 0) is 41.8 Å². The second-order valence-electron chi connectivity index (χ2n) is 17.4. The summed E-state index contributed by atoms with van der Waals surface area (Å²) in [6, 6.07) is 0. The molecule has 0 bridgehead atoms. The number of rotatable bonds is 41. The zero-order chi connectivity index (χ0) is 50.5. The van der Waals surface area contributed by atoms with Gasteiger partial charge >= 0.3 is 27.6 Å². The number of phosphoric ester groups is 2. The fourth-order valence-electron chi connectivity index (χ4n) is 7.24. The number of aliphatic hydroxyl groups excluding tert-OH is 5. The molecule has 19 heteroatoms. The molecule has 1 aliphatic rings. The summed E-state index contributed by atoms with van der Waals surface area (Å²) in [7, 11) is -10.8. The SMILES string of the molecule is CCCCC/C=C\C/C=C\CCCCCCCCCC(=O)OC[C@H](COP(=O)(O)O[C@H]1C(O)C(O)C(O)[C@@H](OP(=O)(O)O)C1O)OC(=O)CCCC(O)/C=C/C=C/C/C=C/CCCCCCCC. The van der Waals surface area contributed by atoms with Crippen LogP contribution in [0.3, 0.4) is 0 Å². The van der Waals surface area contributed by atoms with Gasteiger partial charge in [0.2, 0.25) is 0 Å². The molecule has 0 aromatic rings. The van der Waals surface area contributed by atoms with Gasteiger partial charge in [0.05, 0.1) is 12.7 Å². The topological polar surface area (TPSA) is 276 Å². The van der Waals surface area contributed by atoms with Crippen LogP contribution in [0.4, 0.5) is 0 Å². The van der Waals surface area contributed by atoms with E-state index in [0.29, 0.717) is 6.42 Å². The first-order valence-electron chi connectivity index (χ1n) is 24.9. The van der Waals surface area contributed by atoms with Gasteiger partial charge in [-0.25, -0.2) is 9.13 Å². The lowest BCUT2D eigenvalue weighted by Crippen LogP contribution is -2.64. The molecule has 1 rings (SSSR count). The highest BCUT2D eigenvalue weighted by Gasteiger charge is 2.54. The number of ether oxygens (including phenoxy) is 2. The van der Waals surface area contributed by atoms with Crippen LogP contribution in [0.15, 0.2) is 60.8 Å². The Morgan fingerprint density at radius 1 is 0.544 bits per heavy atom. The molecule has 6 unspecified atom stereocenters. The third kappa shape index (κ3) is 33.3. The molecule has 0 heterocycles. The zero-order valence-electron chi connectivity index (χ0n) is 40.6. The monoisotopic (exact) mass is 1010 g/mol. The Morgan fingerprint density at radius 2 is 1.03 bits per heavy atom. The summed E-state index contributed by atoms with van der Waals surface area (Å²) in [6.45, 7) is 2.92. The smallest absolute Gasteiger partial charge is 0.462 e. The number of hydrogen-bond donors (Lipinski definition) is 8. The molecule has 0 aromatic heterocycles. The maximum atomic E-state index is 13.0. The van der Waals surface area contributed by atoms with Gasteiger partial charge in [-0.2, -0.15) is 0 Å². The van der Waals surface area contributed by atoms with E-state index in [1.54, 1.807) is 12.2 Å². The lowest BCUT2D eigenvalue weighted by Gasteiger charge is -2.43. The van der Waals surface area contributed by atoms with Crippen molar-refractivity contribution in [2.45, 2.75) is 223 Å². The molecule has 0 saturated heterocycles. The van der Waals surface area contributed by atoms with Crippen LogP contribution >= 0.6 is 15.6 Å². The highest BCUT2D eigenvalue weighted by molar-refractivity contribution is 7.47. The zero-order valence-corrected chi connectivity index (χ0v) is 42.4. The molecule has 17 nitrogen and oxygen atoms in total. The van der Waals surface area contributed by atoms with Gasteiger partial charge in [-0.3, -0.25) is 23.2 Å². The van der Waals surface area contributed by atoms with Gasteiger partial charge in [-0.05, 0) is 70.6 Å². The van der Waals surface area contributed by atoms with E-state index < -0.39 is 89.6 Å². The minimum Gasteiger partial charge on any atom is -0.462 e. The van der Waals surface area contributed by atoms with Crippen molar-refractivity contribution in [3.8, 4) is 0 Å². The second-order valence-corrected chi connectivity index (χ2v) is 20.0. The largest absolute Gasteiger partial charge is 0.472 e. The van der Waals surface area contributed by atoms with Gasteiger partial charge in [0, 0.05) is 12.8 Å². The second kappa shape index (κ2) is 39.3. The molecule has 0 aromatic carbocycles. The maximum absolute atomic E-state index is 13.0. The quantitative estimate of drug-likeness (QED) is 0.00934. The van der Waals surface area contributed by atoms with Gasteiger partial charge < -0.3 is 49.7 Å². The standard InChI is InChI=1S/C49H86O17P2/c1-3-5-7-9-11-13-15-17-18-19-20-22-24-26-28-30-32-36-42(51)62-38-41(39-63-68(60,61)66-49-46(55)44(53)45(54)48(47(49)56)65-67(57,58)59)64-43(52)37-33-35-40(50)34-31-29-27-25-23-21-16-14-12-10-8-6-4-2/h11,13,17-18,21,23,27,29,31,34,40-41,44-50,53-56H,3-10,12,14-16,19-20,22,24-26,28,30,32-33,35-39H2,1-2H3,(H,60,61)(H2,57,58,59)/b13-11-,18-17-,23-21+,29-27+,34-31+/t40?,41-,44?,45?,46?,47?,48-,49+/m1/s1. The Labute approximate surface area is 405 Å². The van der Waals surface area contributed by atoms with Gasteiger partial charge in [0.15, 0.2) is 6.10 Å². The Bertz CT molecular complexity index is 1560. The van der Waals surface area contributed by atoms with E-state index in [4.69, 9.17) is 18.5 Å². The van der Waals surface area contributed by atoms with Gasteiger partial charge in [0.1, 0.15) is 43.2 Å². The summed E-state index contributed by atoms with van der Waals surface area (Å²) in [5.74, 6) is -1.41. The third-order valence-corrected chi connectivity index (χ3v) is 12.7. The molecule has 0 spiro atoms. The number of aliphatic hydroxyl groups is 5. The minimum absolute atomic E-state index is 0.0704. The molecule has 0 amide bonds. The van der Waals surface area contributed by atoms with Crippen molar-refractivity contribution in [3.63, 3.8) is 0 Å². The average Bonchev–Trinajstić information content (AvgIpc) is 3.29. The average molecular weight is 1010 g/mol. The number of carbonyl (C=O) groups excluding carboxylic acids is 2. The number of esters is 2. The first kappa shape index (κ1) is 63.7. The molecule has 0 radical (unpaired) electrons. The van der Waals surface area contributed by atoms with E-state index >= 15 is 0 Å². The molecule has 8 N–H and O–H groups in total. The molecule has 1 saturated carbocycles. The van der Waals surface area contributed by atoms with E-state index in [1.165, 1.54) is 57.8 Å². The Balaban J connectivity index is 2.66. The van der Waals surface area contributed by atoms with Crippen LogP contribution in [0.25, 0.3) is 0 Å². The highest BCUT2D eigenvalue weighted by Crippen LogP contribution is 2.49. The molecule has 9 atom stereocenters. The van der Waals surface area contributed by atoms with Crippen LogP contribution in [0, 0.1) is 0 Å². The molecule has 0 aliphatic heterocycles. The Morgan fingerprint density at radius 3 is 1.60 bits per heavy atom. The van der Waals surface area contributed by atoms with Crippen LogP contribution in [0.5, 0.6) is 0 Å². The molecular weight excluding hydrogens is 922 g/mol. The van der Waals surface area contributed by atoms with E-state index in [0.717, 1.165) is 70.6 Å². The normalized spacial score (nSPS) is 22.2. The number of unbranched alkanes of at least 4 members (excludes halogenated alkanes) is 16. The van der Waals surface area contributed by atoms with Crippen molar-refractivity contribution in [1.29, 1.82) is 0 Å². The Hall–Kier alpha value is -2.34. The highest BCUT2D eigenvalue weighted by atomic mass is 31.2. The van der Waals surface area contributed by atoms with Crippen molar-refractivity contribution >= 4 is 27.6 Å².